The third-order valence-electron chi connectivity index (χ3n) is 6.39. The van der Waals surface area contributed by atoms with Gasteiger partial charge >= 0.3 is 0 Å². The van der Waals surface area contributed by atoms with E-state index in [2.05, 4.69) is 26.5 Å². The van der Waals surface area contributed by atoms with Crippen molar-refractivity contribution >= 4 is 29.3 Å². The predicted octanol–water partition coefficient (Wildman–Crippen LogP) is 1.26. The molecule has 2 fully saturated rings. The number of aliphatic hydroxyl groups excluding tert-OH is 1. The molecule has 2 aromatic heterocycles. The van der Waals surface area contributed by atoms with Crippen LogP contribution in [0.4, 0.5) is 17.5 Å². The first-order valence-electron chi connectivity index (χ1n) is 10.9. The number of amides is 2. The van der Waals surface area contributed by atoms with Crippen LogP contribution in [-0.4, -0.2) is 68.3 Å². The fraction of sp³-hybridized carbons (Fsp3) is 0.545. The minimum absolute atomic E-state index is 0.153. The van der Waals surface area contributed by atoms with Crippen LogP contribution in [0.3, 0.4) is 0 Å². The largest absolute Gasteiger partial charge is 0.387 e. The summed E-state index contributed by atoms with van der Waals surface area (Å²) < 4.78 is 1.72. The van der Waals surface area contributed by atoms with Gasteiger partial charge in [0.25, 0.3) is 0 Å². The van der Waals surface area contributed by atoms with E-state index in [-0.39, 0.29) is 17.7 Å². The van der Waals surface area contributed by atoms with Crippen molar-refractivity contribution in [2.24, 2.45) is 11.3 Å². The Hall–Kier alpha value is -3.52. The number of nitrogens with zero attached hydrogens (tertiary/aromatic N) is 7. The Morgan fingerprint density at radius 1 is 1.45 bits per heavy atom. The third-order valence-corrected chi connectivity index (χ3v) is 6.39. The van der Waals surface area contributed by atoms with Gasteiger partial charge in [-0.3, -0.25) is 19.2 Å². The lowest BCUT2D eigenvalue weighted by Gasteiger charge is -2.30. The number of aromatic nitrogens is 4. The molecule has 2 aliphatic rings. The Morgan fingerprint density at radius 3 is 2.88 bits per heavy atom. The Kier molecular flexibility index (Phi) is 5.80. The standard InChI is InChI=1S/C22H28N8O3/c1-21(2,14-28(3)18(32)12-31)30-11-16(10-25-30)26-20-24-8-6-17(27-20)29-9-7-22(13-23,19(29)33)15-4-5-15/h6,8,10-11,15,31H,4-5,7,9,12,14H2,1-3H3,(H,24,26,27)/t22-/m1/s1. The molecule has 1 saturated heterocycles. The molecule has 2 amide bonds. The summed E-state index contributed by atoms with van der Waals surface area (Å²) in [6, 6.07) is 3.96. The second-order valence-electron chi connectivity index (χ2n) is 9.32. The molecule has 1 saturated carbocycles. The number of hydrogen-bond donors (Lipinski definition) is 2. The minimum Gasteiger partial charge on any atom is -0.387 e. The molecule has 11 nitrogen and oxygen atoms in total. The van der Waals surface area contributed by atoms with Crippen molar-refractivity contribution in [1.29, 1.82) is 5.26 Å². The van der Waals surface area contributed by atoms with Crippen molar-refractivity contribution in [3.63, 3.8) is 0 Å². The van der Waals surface area contributed by atoms with Crippen LogP contribution >= 0.6 is 0 Å². The zero-order valence-electron chi connectivity index (χ0n) is 19.0. The molecule has 4 rings (SSSR count). The highest BCUT2D eigenvalue weighted by molar-refractivity contribution is 6.01. The third kappa shape index (κ3) is 4.26. The van der Waals surface area contributed by atoms with Gasteiger partial charge in [-0.25, -0.2) is 4.98 Å². The van der Waals surface area contributed by atoms with Crippen LogP contribution in [0.2, 0.25) is 0 Å². The number of likely N-dealkylation sites (N-methyl/N-ethyl adjacent to an activating group) is 1. The maximum atomic E-state index is 13.0. The fourth-order valence-electron chi connectivity index (χ4n) is 4.37. The molecule has 2 aromatic rings. The van der Waals surface area contributed by atoms with E-state index in [1.54, 1.807) is 41.3 Å². The number of aliphatic hydroxyl groups is 1. The molecule has 0 aromatic carbocycles. The van der Waals surface area contributed by atoms with E-state index < -0.39 is 17.6 Å². The summed E-state index contributed by atoms with van der Waals surface area (Å²) in [6.45, 7) is 4.15. The van der Waals surface area contributed by atoms with E-state index >= 15 is 0 Å². The summed E-state index contributed by atoms with van der Waals surface area (Å²) in [5.74, 6) is 0.393. The molecule has 0 radical (unpaired) electrons. The maximum Gasteiger partial charge on any atom is 0.248 e. The molecule has 174 valence electrons. The highest BCUT2D eigenvalue weighted by Crippen LogP contribution is 2.51. The van der Waals surface area contributed by atoms with E-state index in [4.69, 9.17) is 5.11 Å². The normalized spacial score (nSPS) is 20.6. The highest BCUT2D eigenvalue weighted by atomic mass is 16.3. The molecule has 2 N–H and O–H groups in total. The number of hydrogen-bond acceptors (Lipinski definition) is 8. The lowest BCUT2D eigenvalue weighted by atomic mass is 9.83. The van der Waals surface area contributed by atoms with E-state index in [1.807, 2.05) is 13.8 Å². The van der Waals surface area contributed by atoms with Crippen LogP contribution in [0.5, 0.6) is 0 Å². The molecule has 1 atom stereocenters. The predicted molar refractivity (Wildman–Crippen MR) is 119 cm³/mol. The van der Waals surface area contributed by atoms with Gasteiger partial charge in [0.05, 0.1) is 23.5 Å². The first kappa shape index (κ1) is 22.7. The monoisotopic (exact) mass is 452 g/mol. The second kappa shape index (κ2) is 8.44. The molecular weight excluding hydrogens is 424 g/mol. The van der Waals surface area contributed by atoms with Crippen molar-refractivity contribution in [3.8, 4) is 6.07 Å². The topological polar surface area (TPSA) is 140 Å². The lowest BCUT2D eigenvalue weighted by Crippen LogP contribution is -2.43. The van der Waals surface area contributed by atoms with E-state index in [0.717, 1.165) is 12.8 Å². The van der Waals surface area contributed by atoms with Gasteiger partial charge in [-0.15, -0.1) is 0 Å². The fourth-order valence-corrected chi connectivity index (χ4v) is 4.37. The molecule has 1 aliphatic heterocycles. The average molecular weight is 453 g/mol. The summed E-state index contributed by atoms with van der Waals surface area (Å²) in [5, 5.41) is 26.2. The second-order valence-corrected chi connectivity index (χ2v) is 9.32. The van der Waals surface area contributed by atoms with Gasteiger partial charge in [0.2, 0.25) is 17.8 Å². The van der Waals surface area contributed by atoms with Gasteiger partial charge in [0.1, 0.15) is 17.8 Å². The maximum absolute atomic E-state index is 13.0. The van der Waals surface area contributed by atoms with Gasteiger partial charge < -0.3 is 15.3 Å². The van der Waals surface area contributed by atoms with Crippen molar-refractivity contribution in [3.05, 3.63) is 24.7 Å². The first-order valence-corrected chi connectivity index (χ1v) is 10.9. The van der Waals surface area contributed by atoms with Gasteiger partial charge in [-0.1, -0.05) is 0 Å². The summed E-state index contributed by atoms with van der Waals surface area (Å²) in [4.78, 5) is 36.5. The average Bonchev–Trinajstić information content (AvgIpc) is 3.44. The van der Waals surface area contributed by atoms with Crippen LogP contribution in [-0.2, 0) is 15.1 Å². The molecule has 0 unspecified atom stereocenters. The van der Waals surface area contributed by atoms with E-state index in [0.29, 0.717) is 37.0 Å². The van der Waals surface area contributed by atoms with Crippen LogP contribution < -0.4 is 10.2 Å². The van der Waals surface area contributed by atoms with Crippen molar-refractivity contribution in [2.45, 2.75) is 38.6 Å². The lowest BCUT2D eigenvalue weighted by molar-refractivity contribution is -0.134. The van der Waals surface area contributed by atoms with Crippen molar-refractivity contribution < 1.29 is 14.7 Å². The minimum atomic E-state index is -0.921. The number of carbonyl (C=O) groups excluding carboxylic acids is 2. The molecule has 0 spiro atoms. The van der Waals surface area contributed by atoms with Crippen LogP contribution in [0.25, 0.3) is 0 Å². The summed E-state index contributed by atoms with van der Waals surface area (Å²) in [5.41, 5.74) is -0.794. The smallest absolute Gasteiger partial charge is 0.248 e. The summed E-state index contributed by atoms with van der Waals surface area (Å²) in [6.07, 6.45) is 7.35. The van der Waals surface area contributed by atoms with Crippen LogP contribution in [0.1, 0.15) is 33.1 Å². The molecule has 1 aliphatic carbocycles. The van der Waals surface area contributed by atoms with Crippen LogP contribution in [0.15, 0.2) is 24.7 Å². The number of nitriles is 1. The Labute approximate surface area is 192 Å². The molecule has 33 heavy (non-hydrogen) atoms. The highest BCUT2D eigenvalue weighted by Gasteiger charge is 2.57. The molecule has 3 heterocycles. The quantitative estimate of drug-likeness (QED) is 0.610. The number of carbonyl (C=O) groups is 2. The Balaban J connectivity index is 1.47. The first-order chi connectivity index (χ1) is 15.7. The zero-order valence-corrected chi connectivity index (χ0v) is 19.0. The number of anilines is 3. The summed E-state index contributed by atoms with van der Waals surface area (Å²) in [7, 11) is 1.63. The van der Waals surface area contributed by atoms with Crippen LogP contribution in [0, 0.1) is 22.7 Å². The van der Waals surface area contributed by atoms with E-state index in [1.165, 1.54) is 4.90 Å². The number of rotatable bonds is 8. The van der Waals surface area contributed by atoms with Gasteiger partial charge in [0.15, 0.2) is 0 Å². The summed E-state index contributed by atoms with van der Waals surface area (Å²) >= 11 is 0. The van der Waals surface area contributed by atoms with Crippen molar-refractivity contribution in [2.75, 3.05) is 37.0 Å². The zero-order chi connectivity index (χ0) is 23.8. The number of nitrogens with one attached hydrogen (secondary N) is 1. The molecular formula is C22H28N8O3. The Bertz CT molecular complexity index is 1100. The Morgan fingerprint density at radius 2 is 2.21 bits per heavy atom. The molecule has 0 bridgehead atoms. The molecule has 11 heteroatoms. The van der Waals surface area contributed by atoms with Crippen molar-refractivity contribution in [1.82, 2.24) is 24.6 Å². The van der Waals surface area contributed by atoms with Gasteiger partial charge in [-0.2, -0.15) is 15.3 Å². The SMILES string of the molecule is CN(CC(C)(C)n1cc(Nc2nccc(N3CC[C@@](C#N)(C4CC4)C3=O)n2)cn1)C(=O)CO. The van der Waals surface area contributed by atoms with E-state index in [9.17, 15) is 14.9 Å². The van der Waals surface area contributed by atoms with Gasteiger partial charge in [0, 0.05) is 32.5 Å². The van der Waals surface area contributed by atoms with Gasteiger partial charge in [-0.05, 0) is 45.1 Å².